The Morgan fingerprint density at radius 3 is 3.00 bits per heavy atom. The first kappa shape index (κ1) is 17.0. The van der Waals surface area contributed by atoms with E-state index in [2.05, 4.69) is 22.5 Å². The van der Waals surface area contributed by atoms with Gasteiger partial charge in [-0.25, -0.2) is 4.98 Å². The highest BCUT2D eigenvalue weighted by atomic mass is 35.5. The van der Waals surface area contributed by atoms with Crippen LogP contribution in [0.1, 0.15) is 36.0 Å². The molecule has 0 radical (unpaired) electrons. The van der Waals surface area contributed by atoms with Gasteiger partial charge in [0, 0.05) is 17.5 Å². The summed E-state index contributed by atoms with van der Waals surface area (Å²) in [5.74, 6) is 1.44. The van der Waals surface area contributed by atoms with Crippen molar-refractivity contribution in [2.45, 2.75) is 38.8 Å². The normalized spacial score (nSPS) is 21.2. The summed E-state index contributed by atoms with van der Waals surface area (Å²) in [7, 11) is 0. The van der Waals surface area contributed by atoms with Crippen LogP contribution in [0.4, 0.5) is 0 Å². The van der Waals surface area contributed by atoms with E-state index in [1.165, 1.54) is 11.3 Å². The molecule has 3 rings (SSSR count). The lowest BCUT2D eigenvalue weighted by molar-refractivity contribution is 0.0915. The number of piperidine rings is 1. The quantitative estimate of drug-likeness (QED) is 0.900. The highest BCUT2D eigenvalue weighted by Crippen LogP contribution is 2.25. The number of hydrogen-bond acceptors (Lipinski definition) is 5. The molecule has 0 aliphatic carbocycles. The predicted octanol–water partition coefficient (Wildman–Crippen LogP) is 3.00. The summed E-state index contributed by atoms with van der Waals surface area (Å²) in [5.41, 5.74) is 0.460. The van der Waals surface area contributed by atoms with Crippen molar-refractivity contribution < 1.29 is 9.21 Å². The number of nitrogens with zero attached hydrogens (tertiary/aromatic N) is 1. The molecule has 0 aromatic carbocycles. The Labute approximate surface area is 139 Å². The maximum absolute atomic E-state index is 12.3. The number of thiazole rings is 1. The molecule has 5 nitrogen and oxygen atoms in total. The fourth-order valence-electron chi connectivity index (χ4n) is 2.52. The van der Waals surface area contributed by atoms with E-state index in [0.29, 0.717) is 17.5 Å². The van der Waals surface area contributed by atoms with Gasteiger partial charge in [-0.05, 0) is 45.4 Å². The second-order valence-corrected chi connectivity index (χ2v) is 6.27. The average molecular weight is 342 g/mol. The second-order valence-electron chi connectivity index (χ2n) is 5.41. The number of aromatic nitrogens is 1. The molecular weight excluding hydrogens is 322 g/mol. The zero-order valence-corrected chi connectivity index (χ0v) is 14.2. The summed E-state index contributed by atoms with van der Waals surface area (Å²) < 4.78 is 5.54. The lowest BCUT2D eigenvalue weighted by Crippen LogP contribution is -2.51. The summed E-state index contributed by atoms with van der Waals surface area (Å²) in [5, 5.41) is 8.96. The maximum atomic E-state index is 12.3. The fraction of sp³-hybridized carbons (Fsp3) is 0.467. The molecule has 3 heterocycles. The van der Waals surface area contributed by atoms with Crippen molar-refractivity contribution in [3.63, 3.8) is 0 Å². The van der Waals surface area contributed by atoms with Crippen LogP contribution in [0.25, 0.3) is 10.8 Å². The number of carbonyl (C=O) groups is 1. The first-order chi connectivity index (χ1) is 10.1. The highest BCUT2D eigenvalue weighted by Gasteiger charge is 2.24. The Morgan fingerprint density at radius 1 is 1.50 bits per heavy atom. The summed E-state index contributed by atoms with van der Waals surface area (Å²) in [4.78, 5) is 16.7. The average Bonchev–Trinajstić information content (AvgIpc) is 3.10. The number of furan rings is 1. The van der Waals surface area contributed by atoms with Crippen LogP contribution in [0.3, 0.4) is 0 Å². The van der Waals surface area contributed by atoms with Crippen molar-refractivity contribution in [1.29, 1.82) is 0 Å². The van der Waals surface area contributed by atoms with Gasteiger partial charge in [0.15, 0.2) is 10.8 Å². The van der Waals surface area contributed by atoms with Gasteiger partial charge < -0.3 is 15.1 Å². The highest BCUT2D eigenvalue weighted by molar-refractivity contribution is 7.13. The summed E-state index contributed by atoms with van der Waals surface area (Å²) in [6, 6.07) is 4.24. The van der Waals surface area contributed by atoms with Crippen LogP contribution in [0.15, 0.2) is 21.9 Å². The third kappa shape index (κ3) is 3.69. The van der Waals surface area contributed by atoms with E-state index in [1.54, 1.807) is 5.38 Å². The molecule has 2 atom stereocenters. The van der Waals surface area contributed by atoms with Crippen molar-refractivity contribution in [3.8, 4) is 10.8 Å². The molecular formula is C15H20ClN3O2S. The third-order valence-electron chi connectivity index (χ3n) is 3.77. The molecule has 1 aliphatic rings. The lowest BCUT2D eigenvalue weighted by Gasteiger charge is -2.30. The first-order valence-electron chi connectivity index (χ1n) is 7.20. The molecule has 0 bridgehead atoms. The van der Waals surface area contributed by atoms with Crippen molar-refractivity contribution >= 4 is 29.7 Å². The minimum absolute atomic E-state index is 0. The molecule has 2 aromatic rings. The molecule has 1 amide bonds. The van der Waals surface area contributed by atoms with Gasteiger partial charge in [0.2, 0.25) is 0 Å². The standard InChI is InChI=1S/C15H19N3O2S.ClH/c1-9-5-6-13(20-9)15-18-12(8-21-15)14(19)17-11-4-3-7-16-10(11)2;/h5-6,8,10-11,16H,3-4,7H2,1-2H3,(H,17,19);1H. The molecule has 0 spiro atoms. The number of halogens is 1. The van der Waals surface area contributed by atoms with Crippen molar-refractivity contribution in [1.82, 2.24) is 15.6 Å². The molecule has 1 aliphatic heterocycles. The van der Waals surface area contributed by atoms with Crippen LogP contribution in [0.5, 0.6) is 0 Å². The summed E-state index contributed by atoms with van der Waals surface area (Å²) in [6.07, 6.45) is 2.09. The number of rotatable bonds is 3. The minimum atomic E-state index is -0.110. The zero-order valence-electron chi connectivity index (χ0n) is 12.6. The maximum Gasteiger partial charge on any atom is 0.271 e. The van der Waals surface area contributed by atoms with Crippen molar-refractivity contribution in [2.75, 3.05) is 6.54 Å². The van der Waals surface area contributed by atoms with Crippen LogP contribution >= 0.6 is 23.7 Å². The van der Waals surface area contributed by atoms with Gasteiger partial charge in [0.1, 0.15) is 11.5 Å². The molecule has 0 saturated carbocycles. The number of aryl methyl sites for hydroxylation is 1. The molecule has 2 aromatic heterocycles. The van der Waals surface area contributed by atoms with Gasteiger partial charge in [0.25, 0.3) is 5.91 Å². The molecule has 7 heteroatoms. The van der Waals surface area contributed by atoms with Crippen molar-refractivity contribution in [3.05, 3.63) is 29.0 Å². The molecule has 2 N–H and O–H groups in total. The van der Waals surface area contributed by atoms with E-state index in [-0.39, 0.29) is 24.4 Å². The Morgan fingerprint density at radius 2 is 2.32 bits per heavy atom. The zero-order chi connectivity index (χ0) is 14.8. The third-order valence-corrected chi connectivity index (χ3v) is 4.62. The van der Waals surface area contributed by atoms with E-state index in [1.807, 2.05) is 19.1 Å². The summed E-state index contributed by atoms with van der Waals surface area (Å²) in [6.45, 7) is 5.01. The Balaban J connectivity index is 0.00000176. The lowest BCUT2D eigenvalue weighted by atomic mass is 10.00. The van der Waals surface area contributed by atoms with E-state index in [4.69, 9.17) is 4.42 Å². The van der Waals surface area contributed by atoms with E-state index >= 15 is 0 Å². The van der Waals surface area contributed by atoms with E-state index < -0.39 is 0 Å². The number of hydrogen-bond donors (Lipinski definition) is 2. The molecule has 1 saturated heterocycles. The number of nitrogens with one attached hydrogen (secondary N) is 2. The Bertz CT molecular complexity index is 640. The van der Waals surface area contributed by atoms with Gasteiger partial charge in [0.05, 0.1) is 0 Å². The predicted molar refractivity (Wildman–Crippen MR) is 89.8 cm³/mol. The van der Waals surface area contributed by atoms with Crippen LogP contribution in [-0.2, 0) is 0 Å². The van der Waals surface area contributed by atoms with Crippen LogP contribution in [0.2, 0.25) is 0 Å². The van der Waals surface area contributed by atoms with Crippen molar-refractivity contribution in [2.24, 2.45) is 0 Å². The van der Waals surface area contributed by atoms with Crippen LogP contribution in [0, 0.1) is 6.92 Å². The monoisotopic (exact) mass is 341 g/mol. The first-order valence-corrected chi connectivity index (χ1v) is 8.08. The number of amides is 1. The van der Waals surface area contributed by atoms with Crippen LogP contribution < -0.4 is 10.6 Å². The largest absolute Gasteiger partial charge is 0.459 e. The van der Waals surface area contributed by atoms with E-state index in [9.17, 15) is 4.79 Å². The van der Waals surface area contributed by atoms with Gasteiger partial charge in [-0.3, -0.25) is 4.79 Å². The summed E-state index contributed by atoms with van der Waals surface area (Å²) >= 11 is 1.43. The molecule has 120 valence electrons. The fourth-order valence-corrected chi connectivity index (χ4v) is 3.28. The van der Waals surface area contributed by atoms with E-state index in [0.717, 1.165) is 30.2 Å². The van der Waals surface area contributed by atoms with Gasteiger partial charge in [-0.2, -0.15) is 0 Å². The minimum Gasteiger partial charge on any atom is -0.459 e. The molecule has 2 unspecified atom stereocenters. The van der Waals surface area contributed by atoms with Gasteiger partial charge >= 0.3 is 0 Å². The SMILES string of the molecule is Cc1ccc(-c2nc(C(=O)NC3CCCNC3C)cs2)o1.Cl. The smallest absolute Gasteiger partial charge is 0.271 e. The topological polar surface area (TPSA) is 67.2 Å². The molecule has 1 fully saturated rings. The Kier molecular flexibility index (Phi) is 5.61. The second kappa shape index (κ2) is 7.26. The number of carbonyl (C=O) groups excluding carboxylic acids is 1. The molecule has 22 heavy (non-hydrogen) atoms. The Hall–Kier alpha value is -1.37. The van der Waals surface area contributed by atoms with Crippen LogP contribution in [-0.4, -0.2) is 29.5 Å². The van der Waals surface area contributed by atoms with Gasteiger partial charge in [-0.15, -0.1) is 23.7 Å². The van der Waals surface area contributed by atoms with Gasteiger partial charge in [-0.1, -0.05) is 0 Å².